The van der Waals surface area contributed by atoms with E-state index in [9.17, 15) is 0 Å². The molecule has 0 spiro atoms. The molecule has 0 bridgehead atoms. The van der Waals surface area contributed by atoms with Crippen LogP contribution in [0.3, 0.4) is 0 Å². The van der Waals surface area contributed by atoms with Gasteiger partial charge in [-0.3, -0.25) is 9.88 Å². The van der Waals surface area contributed by atoms with E-state index in [2.05, 4.69) is 44.0 Å². The van der Waals surface area contributed by atoms with Gasteiger partial charge in [0.05, 0.1) is 11.7 Å². The highest BCUT2D eigenvalue weighted by molar-refractivity contribution is 5.97. The molecule has 0 amide bonds. The number of aromatic nitrogens is 5. The highest BCUT2D eigenvalue weighted by Gasteiger charge is 2.14. The number of hydrogen-bond donors (Lipinski definition) is 0. The fourth-order valence-electron chi connectivity index (χ4n) is 4.54. The van der Waals surface area contributed by atoms with Crippen molar-refractivity contribution >= 4 is 16.6 Å². The minimum Gasteiger partial charge on any atom is -0.476 e. The van der Waals surface area contributed by atoms with Crippen LogP contribution in [0.5, 0.6) is 5.88 Å². The van der Waals surface area contributed by atoms with Gasteiger partial charge in [-0.05, 0) is 30.8 Å². The zero-order chi connectivity index (χ0) is 23.6. The summed E-state index contributed by atoms with van der Waals surface area (Å²) in [4.78, 5) is 18.5. The van der Waals surface area contributed by atoms with Gasteiger partial charge in [0.1, 0.15) is 6.61 Å². The van der Waals surface area contributed by atoms with Crippen molar-refractivity contribution in [1.82, 2.24) is 34.4 Å². The van der Waals surface area contributed by atoms with Crippen LogP contribution in [0.25, 0.3) is 38.8 Å². The van der Waals surface area contributed by atoms with Gasteiger partial charge in [0.15, 0.2) is 5.65 Å². The number of pyridine rings is 2. The smallest absolute Gasteiger partial charge is 0.213 e. The fourth-order valence-corrected chi connectivity index (χ4v) is 4.54. The molecule has 0 N–H and O–H groups in total. The molecule has 8 nitrogen and oxygen atoms in total. The molecule has 0 unspecified atom stereocenters. The molecule has 0 radical (unpaired) electrons. The van der Waals surface area contributed by atoms with Crippen molar-refractivity contribution in [3.05, 3.63) is 73.4 Å². The maximum absolute atomic E-state index is 5.88. The first-order valence-corrected chi connectivity index (χ1v) is 11.9. The summed E-state index contributed by atoms with van der Waals surface area (Å²) in [6, 6.07) is 14.1. The van der Waals surface area contributed by atoms with E-state index in [0.717, 1.165) is 71.5 Å². The van der Waals surface area contributed by atoms with Crippen molar-refractivity contribution in [1.29, 1.82) is 0 Å². The fraction of sp³-hybridized carbons (Fsp3) is 0.259. The summed E-state index contributed by atoms with van der Waals surface area (Å²) in [6.07, 6.45) is 9.36. The van der Waals surface area contributed by atoms with Gasteiger partial charge < -0.3 is 9.64 Å². The maximum Gasteiger partial charge on any atom is 0.213 e. The lowest BCUT2D eigenvalue weighted by Gasteiger charge is -2.32. The van der Waals surface area contributed by atoms with E-state index in [1.165, 1.54) is 0 Å². The lowest BCUT2D eigenvalue weighted by Crippen LogP contribution is -2.45. The Morgan fingerprint density at radius 2 is 1.71 bits per heavy atom. The van der Waals surface area contributed by atoms with Gasteiger partial charge in [-0.25, -0.2) is 14.5 Å². The normalized spacial score (nSPS) is 15.1. The third kappa shape index (κ3) is 4.45. The van der Waals surface area contributed by atoms with Crippen LogP contribution >= 0.6 is 0 Å². The van der Waals surface area contributed by atoms with Crippen molar-refractivity contribution < 1.29 is 4.74 Å². The summed E-state index contributed by atoms with van der Waals surface area (Å²) in [6.45, 7) is 5.97. The number of nitrogens with zero attached hydrogens (tertiary/aromatic N) is 7. The van der Waals surface area contributed by atoms with Gasteiger partial charge >= 0.3 is 0 Å². The van der Waals surface area contributed by atoms with E-state index < -0.39 is 0 Å². The number of benzene rings is 1. The van der Waals surface area contributed by atoms with Crippen LogP contribution in [-0.2, 0) is 0 Å². The largest absolute Gasteiger partial charge is 0.476 e. The molecule has 1 aromatic carbocycles. The van der Waals surface area contributed by atoms with Crippen molar-refractivity contribution in [3.8, 4) is 28.1 Å². The topological polar surface area (TPSA) is 71.7 Å². The molecule has 6 rings (SSSR count). The highest BCUT2D eigenvalue weighted by atomic mass is 16.5. The molecule has 1 aliphatic heterocycles. The lowest BCUT2D eigenvalue weighted by atomic mass is 10.0. The van der Waals surface area contributed by atoms with Crippen LogP contribution in [0, 0.1) is 0 Å². The molecule has 1 saturated heterocycles. The van der Waals surface area contributed by atoms with Gasteiger partial charge in [-0.15, -0.1) is 0 Å². The summed E-state index contributed by atoms with van der Waals surface area (Å²) in [5, 5.41) is 5.66. The molecule has 5 aromatic rings. The molecule has 1 aliphatic rings. The van der Waals surface area contributed by atoms with Gasteiger partial charge in [-0.1, -0.05) is 18.2 Å². The summed E-state index contributed by atoms with van der Waals surface area (Å²) in [5.74, 6) is 0.642. The first-order chi connectivity index (χ1) is 17.2. The van der Waals surface area contributed by atoms with Gasteiger partial charge in [0.2, 0.25) is 5.88 Å². The Labute approximate surface area is 203 Å². The molecule has 5 heterocycles. The summed E-state index contributed by atoms with van der Waals surface area (Å²) in [5.41, 5.74) is 5.74. The second kappa shape index (κ2) is 9.40. The van der Waals surface area contributed by atoms with E-state index >= 15 is 0 Å². The standard InChI is InChI=1S/C27H27N7O/c1-32-10-12-33(13-11-32)14-15-35-26-8-7-20(16-29-26)21-17-30-27-24(18-31-34(27)19-21)22-4-2-6-25-23(22)5-3-9-28-25/h2-9,16-19H,10-15H2,1H3. The zero-order valence-corrected chi connectivity index (χ0v) is 19.7. The zero-order valence-electron chi connectivity index (χ0n) is 19.7. The average Bonchev–Trinajstić information content (AvgIpc) is 3.33. The molecular weight excluding hydrogens is 438 g/mol. The third-order valence-electron chi connectivity index (χ3n) is 6.62. The number of ether oxygens (including phenoxy) is 1. The van der Waals surface area contributed by atoms with E-state index in [1.807, 2.05) is 65.8 Å². The van der Waals surface area contributed by atoms with E-state index in [1.54, 1.807) is 0 Å². The van der Waals surface area contributed by atoms with Crippen molar-refractivity contribution in [2.45, 2.75) is 0 Å². The Hall–Kier alpha value is -3.88. The number of fused-ring (bicyclic) bond motifs is 2. The number of piperazine rings is 1. The predicted molar refractivity (Wildman–Crippen MR) is 136 cm³/mol. The minimum absolute atomic E-state index is 0.642. The molecule has 176 valence electrons. The minimum atomic E-state index is 0.642. The van der Waals surface area contributed by atoms with E-state index in [-0.39, 0.29) is 0 Å². The molecule has 8 heteroatoms. The second-order valence-electron chi connectivity index (χ2n) is 8.92. The predicted octanol–water partition coefficient (Wildman–Crippen LogP) is 3.63. The number of hydrogen-bond acceptors (Lipinski definition) is 7. The third-order valence-corrected chi connectivity index (χ3v) is 6.62. The molecule has 35 heavy (non-hydrogen) atoms. The molecule has 1 fully saturated rings. The number of likely N-dealkylation sites (N-methyl/N-ethyl adjacent to an activating group) is 1. The molecule has 0 atom stereocenters. The van der Waals surface area contributed by atoms with Crippen LogP contribution < -0.4 is 4.74 Å². The van der Waals surface area contributed by atoms with E-state index in [4.69, 9.17) is 9.72 Å². The molecule has 4 aromatic heterocycles. The maximum atomic E-state index is 5.88. The average molecular weight is 466 g/mol. The van der Waals surface area contributed by atoms with Crippen molar-refractivity contribution in [2.75, 3.05) is 46.4 Å². The summed E-state index contributed by atoms with van der Waals surface area (Å²) in [7, 11) is 2.17. The second-order valence-corrected chi connectivity index (χ2v) is 8.92. The Balaban J connectivity index is 1.17. The van der Waals surface area contributed by atoms with Crippen LogP contribution in [0.4, 0.5) is 0 Å². The summed E-state index contributed by atoms with van der Waals surface area (Å²) >= 11 is 0. The van der Waals surface area contributed by atoms with Gasteiger partial charge in [0.25, 0.3) is 0 Å². The lowest BCUT2D eigenvalue weighted by molar-refractivity contribution is 0.132. The van der Waals surface area contributed by atoms with E-state index in [0.29, 0.717) is 12.5 Å². The van der Waals surface area contributed by atoms with Crippen LogP contribution in [-0.4, -0.2) is 80.7 Å². The molecule has 0 saturated carbocycles. The molecule has 0 aliphatic carbocycles. The highest BCUT2D eigenvalue weighted by Crippen LogP contribution is 2.30. The number of rotatable bonds is 6. The van der Waals surface area contributed by atoms with Crippen molar-refractivity contribution in [2.24, 2.45) is 0 Å². The first-order valence-electron chi connectivity index (χ1n) is 11.9. The van der Waals surface area contributed by atoms with Crippen LogP contribution in [0.1, 0.15) is 0 Å². The first kappa shape index (κ1) is 21.6. The Bertz CT molecular complexity index is 1450. The van der Waals surface area contributed by atoms with Crippen molar-refractivity contribution in [3.63, 3.8) is 0 Å². The summed E-state index contributed by atoms with van der Waals surface area (Å²) < 4.78 is 7.70. The quantitative estimate of drug-likeness (QED) is 0.379. The molecular formula is C27H27N7O. The van der Waals surface area contributed by atoms with Crippen LogP contribution in [0.15, 0.2) is 73.4 Å². The van der Waals surface area contributed by atoms with Crippen LogP contribution in [0.2, 0.25) is 0 Å². The Kier molecular flexibility index (Phi) is 5.81. The van der Waals surface area contributed by atoms with Gasteiger partial charge in [0, 0.05) is 85.7 Å². The monoisotopic (exact) mass is 465 g/mol. The van der Waals surface area contributed by atoms with Gasteiger partial charge in [-0.2, -0.15) is 5.10 Å². The Morgan fingerprint density at radius 3 is 2.57 bits per heavy atom. The SMILES string of the molecule is CN1CCN(CCOc2ccc(-c3cnc4c(-c5cccc6ncccc56)cnn4c3)cn2)CC1. The Morgan fingerprint density at radius 1 is 0.829 bits per heavy atom.